The van der Waals surface area contributed by atoms with Gasteiger partial charge in [0, 0.05) is 31.5 Å². The normalized spacial score (nSPS) is 12.6. The highest BCUT2D eigenvalue weighted by atomic mass is 15.1. The van der Waals surface area contributed by atoms with Crippen LogP contribution in [0.25, 0.3) is 0 Å². The molecule has 1 aromatic carbocycles. The molecule has 0 bridgehead atoms. The fraction of sp³-hybridized carbons (Fsp3) is 0.389. The van der Waals surface area contributed by atoms with Gasteiger partial charge in [0.15, 0.2) is 0 Å². The first-order valence-electron chi connectivity index (χ1n) is 7.42. The van der Waals surface area contributed by atoms with Gasteiger partial charge in [-0.25, -0.2) is 0 Å². The zero-order valence-corrected chi connectivity index (χ0v) is 13.4. The molecule has 112 valence electrons. The predicted molar refractivity (Wildman–Crippen MR) is 88.3 cm³/mol. The topological polar surface area (TPSA) is 28.2 Å². The second kappa shape index (κ2) is 7.34. The van der Waals surface area contributed by atoms with E-state index in [1.54, 1.807) is 0 Å². The van der Waals surface area contributed by atoms with Gasteiger partial charge >= 0.3 is 0 Å². The third-order valence-corrected chi connectivity index (χ3v) is 3.85. The fourth-order valence-electron chi connectivity index (χ4n) is 2.74. The molecular formula is C18H25N3. The fourth-order valence-corrected chi connectivity index (χ4v) is 2.74. The van der Waals surface area contributed by atoms with Crippen molar-refractivity contribution >= 4 is 0 Å². The molecule has 0 amide bonds. The number of benzene rings is 1. The van der Waals surface area contributed by atoms with Crippen LogP contribution in [0, 0.1) is 13.8 Å². The average molecular weight is 283 g/mol. The molecule has 2 aromatic rings. The number of rotatable bonds is 6. The van der Waals surface area contributed by atoms with Crippen molar-refractivity contribution in [1.82, 2.24) is 15.2 Å². The van der Waals surface area contributed by atoms with Crippen molar-refractivity contribution in [2.45, 2.75) is 26.4 Å². The summed E-state index contributed by atoms with van der Waals surface area (Å²) >= 11 is 0. The average Bonchev–Trinajstić information content (AvgIpc) is 2.46. The summed E-state index contributed by atoms with van der Waals surface area (Å²) in [5.74, 6) is 0. The molecule has 3 nitrogen and oxygen atoms in total. The molecule has 0 aliphatic heterocycles. The van der Waals surface area contributed by atoms with E-state index in [1.807, 2.05) is 19.4 Å². The van der Waals surface area contributed by atoms with Crippen LogP contribution in [-0.4, -0.2) is 30.5 Å². The van der Waals surface area contributed by atoms with E-state index in [4.69, 9.17) is 0 Å². The number of hydrogen-bond donors (Lipinski definition) is 1. The second-order valence-electron chi connectivity index (χ2n) is 5.75. The molecule has 0 saturated carbocycles. The summed E-state index contributed by atoms with van der Waals surface area (Å²) in [7, 11) is 4.19. The molecule has 0 saturated heterocycles. The molecule has 1 unspecified atom stereocenters. The molecule has 1 heterocycles. The van der Waals surface area contributed by atoms with Crippen LogP contribution < -0.4 is 5.32 Å². The first kappa shape index (κ1) is 15.7. The number of aryl methyl sites for hydroxylation is 2. The Labute approximate surface area is 128 Å². The zero-order valence-electron chi connectivity index (χ0n) is 13.4. The highest BCUT2D eigenvalue weighted by Crippen LogP contribution is 2.20. The lowest BCUT2D eigenvalue weighted by Crippen LogP contribution is -2.31. The standard InChI is InChI=1S/C18H25N3/c1-14-5-6-17(15(2)11-14)18(19-3)13-21(4)12-16-7-9-20-10-8-16/h5-11,18-19H,12-13H2,1-4H3. The Kier molecular flexibility index (Phi) is 5.48. The van der Waals surface area contributed by atoms with Crippen molar-refractivity contribution in [2.24, 2.45) is 0 Å². The first-order chi connectivity index (χ1) is 10.1. The van der Waals surface area contributed by atoms with Gasteiger partial charge in [-0.1, -0.05) is 23.8 Å². The minimum absolute atomic E-state index is 0.345. The maximum Gasteiger partial charge on any atom is 0.0449 e. The van der Waals surface area contributed by atoms with Crippen molar-refractivity contribution in [3.05, 3.63) is 65.0 Å². The van der Waals surface area contributed by atoms with Gasteiger partial charge in [-0.3, -0.25) is 4.98 Å². The van der Waals surface area contributed by atoms with Gasteiger partial charge in [0.05, 0.1) is 0 Å². The lowest BCUT2D eigenvalue weighted by Gasteiger charge is -2.25. The van der Waals surface area contributed by atoms with Gasteiger partial charge in [-0.05, 0) is 56.8 Å². The maximum atomic E-state index is 4.07. The van der Waals surface area contributed by atoms with Gasteiger partial charge in [-0.2, -0.15) is 0 Å². The molecule has 1 atom stereocenters. The molecule has 0 fully saturated rings. The van der Waals surface area contributed by atoms with Gasteiger partial charge < -0.3 is 10.2 Å². The minimum atomic E-state index is 0.345. The van der Waals surface area contributed by atoms with E-state index in [2.05, 4.69) is 66.4 Å². The number of nitrogens with zero attached hydrogens (tertiary/aromatic N) is 2. The SMILES string of the molecule is CNC(CN(C)Cc1ccncc1)c1ccc(C)cc1C. The quantitative estimate of drug-likeness (QED) is 0.883. The summed E-state index contributed by atoms with van der Waals surface area (Å²) in [5, 5.41) is 3.44. The van der Waals surface area contributed by atoms with Crippen molar-refractivity contribution < 1.29 is 0 Å². The highest BCUT2D eigenvalue weighted by molar-refractivity contribution is 5.33. The lowest BCUT2D eigenvalue weighted by atomic mass is 9.99. The van der Waals surface area contributed by atoms with Crippen LogP contribution in [0.15, 0.2) is 42.7 Å². The summed E-state index contributed by atoms with van der Waals surface area (Å²) in [6.45, 7) is 6.24. The third-order valence-electron chi connectivity index (χ3n) is 3.85. The second-order valence-corrected chi connectivity index (χ2v) is 5.75. The Morgan fingerprint density at radius 2 is 1.86 bits per heavy atom. The van der Waals surface area contributed by atoms with Crippen LogP contribution in [0.4, 0.5) is 0 Å². The van der Waals surface area contributed by atoms with E-state index < -0.39 is 0 Å². The van der Waals surface area contributed by atoms with Gasteiger partial charge in [0.25, 0.3) is 0 Å². The molecule has 21 heavy (non-hydrogen) atoms. The summed E-state index contributed by atoms with van der Waals surface area (Å²) in [6, 6.07) is 11.2. The largest absolute Gasteiger partial charge is 0.312 e. The van der Waals surface area contributed by atoms with Crippen molar-refractivity contribution in [1.29, 1.82) is 0 Å². The summed E-state index contributed by atoms with van der Waals surface area (Å²) < 4.78 is 0. The molecule has 1 N–H and O–H groups in total. The Morgan fingerprint density at radius 1 is 1.14 bits per heavy atom. The maximum absolute atomic E-state index is 4.07. The van der Waals surface area contributed by atoms with Gasteiger partial charge in [0.1, 0.15) is 0 Å². The van der Waals surface area contributed by atoms with Crippen LogP contribution in [0.2, 0.25) is 0 Å². The monoisotopic (exact) mass is 283 g/mol. The summed E-state index contributed by atoms with van der Waals surface area (Å²) in [6.07, 6.45) is 3.70. The summed E-state index contributed by atoms with van der Waals surface area (Å²) in [5.41, 5.74) is 5.34. The van der Waals surface area contributed by atoms with Crippen LogP contribution in [0.1, 0.15) is 28.3 Å². The van der Waals surface area contributed by atoms with E-state index in [9.17, 15) is 0 Å². The molecule has 1 aromatic heterocycles. The van der Waals surface area contributed by atoms with Crippen LogP contribution in [0.5, 0.6) is 0 Å². The molecule has 0 aliphatic carbocycles. The van der Waals surface area contributed by atoms with Gasteiger partial charge in [0.2, 0.25) is 0 Å². The van der Waals surface area contributed by atoms with E-state index >= 15 is 0 Å². The molecule has 2 rings (SSSR count). The van der Waals surface area contributed by atoms with E-state index in [1.165, 1.54) is 22.3 Å². The van der Waals surface area contributed by atoms with Gasteiger partial charge in [-0.15, -0.1) is 0 Å². The van der Waals surface area contributed by atoms with E-state index in [-0.39, 0.29) is 0 Å². The van der Waals surface area contributed by atoms with Crippen molar-refractivity contribution in [2.75, 3.05) is 20.6 Å². The predicted octanol–water partition coefficient (Wildman–Crippen LogP) is 3.09. The first-order valence-corrected chi connectivity index (χ1v) is 7.42. The Morgan fingerprint density at radius 3 is 2.48 bits per heavy atom. The van der Waals surface area contributed by atoms with E-state index in [0.717, 1.165) is 13.1 Å². The van der Waals surface area contributed by atoms with Crippen molar-refractivity contribution in [3.8, 4) is 0 Å². The number of hydrogen-bond acceptors (Lipinski definition) is 3. The van der Waals surface area contributed by atoms with E-state index in [0.29, 0.717) is 6.04 Å². The number of likely N-dealkylation sites (N-methyl/N-ethyl adjacent to an activating group) is 2. The Hall–Kier alpha value is -1.71. The lowest BCUT2D eigenvalue weighted by molar-refractivity contribution is 0.289. The number of aromatic nitrogens is 1. The minimum Gasteiger partial charge on any atom is -0.312 e. The number of pyridine rings is 1. The van der Waals surface area contributed by atoms with Crippen molar-refractivity contribution in [3.63, 3.8) is 0 Å². The highest BCUT2D eigenvalue weighted by Gasteiger charge is 2.14. The smallest absolute Gasteiger partial charge is 0.0449 e. The van der Waals surface area contributed by atoms with Crippen LogP contribution >= 0.6 is 0 Å². The molecule has 0 spiro atoms. The number of nitrogens with one attached hydrogen (secondary N) is 1. The zero-order chi connectivity index (χ0) is 15.2. The molecule has 0 radical (unpaired) electrons. The Bertz CT molecular complexity index is 566. The molecule has 3 heteroatoms. The van der Waals surface area contributed by atoms with Crippen LogP contribution in [0.3, 0.4) is 0 Å². The third kappa shape index (κ3) is 4.38. The Balaban J connectivity index is 2.04. The van der Waals surface area contributed by atoms with Crippen LogP contribution in [-0.2, 0) is 6.54 Å². The molecule has 0 aliphatic rings. The molecular weight excluding hydrogens is 258 g/mol. The summed E-state index contributed by atoms with van der Waals surface area (Å²) in [4.78, 5) is 6.41.